The Morgan fingerprint density at radius 3 is 2.54 bits per heavy atom. The first-order chi connectivity index (χ1) is 12.8. The number of methoxy groups -OCH3 is 1. The molecular weight excluding hydrogens is 346 g/mol. The molecule has 0 saturated heterocycles. The van der Waals surface area contributed by atoms with Gasteiger partial charge in [-0.25, -0.2) is 4.98 Å². The second kappa shape index (κ2) is 7.02. The highest BCUT2D eigenvalue weighted by atomic mass is 35.5. The predicted octanol–water partition coefficient (Wildman–Crippen LogP) is 5.41. The highest BCUT2D eigenvalue weighted by Gasteiger charge is 2.13. The Kier molecular flexibility index (Phi) is 4.42. The zero-order chi connectivity index (χ0) is 17.9. The maximum absolute atomic E-state index is 6.37. The lowest BCUT2D eigenvalue weighted by Gasteiger charge is -2.02. The molecule has 4 aromatic rings. The van der Waals surface area contributed by atoms with Gasteiger partial charge in [0.15, 0.2) is 0 Å². The lowest BCUT2D eigenvalue weighted by atomic mass is 10.2. The summed E-state index contributed by atoms with van der Waals surface area (Å²) in [5.74, 6) is 1.60. The van der Waals surface area contributed by atoms with E-state index in [1.54, 1.807) is 13.3 Å². The normalized spacial score (nSPS) is 11.3. The van der Waals surface area contributed by atoms with E-state index in [9.17, 15) is 0 Å². The first-order valence-electron chi connectivity index (χ1n) is 8.16. The van der Waals surface area contributed by atoms with Crippen molar-refractivity contribution in [2.24, 2.45) is 4.99 Å². The van der Waals surface area contributed by atoms with E-state index in [-0.39, 0.29) is 0 Å². The van der Waals surface area contributed by atoms with Gasteiger partial charge in [-0.1, -0.05) is 29.8 Å². The van der Waals surface area contributed by atoms with E-state index < -0.39 is 0 Å². The molecule has 0 unspecified atom stereocenters. The minimum Gasteiger partial charge on any atom is -0.497 e. The number of nitrogens with zero attached hydrogens (tertiary/aromatic N) is 3. The largest absolute Gasteiger partial charge is 0.497 e. The number of ether oxygens (including phenoxy) is 1. The fourth-order valence-electron chi connectivity index (χ4n) is 2.79. The summed E-state index contributed by atoms with van der Waals surface area (Å²) in [5, 5.41) is 0.668. The van der Waals surface area contributed by atoms with Gasteiger partial charge in [0.05, 0.1) is 29.6 Å². The summed E-state index contributed by atoms with van der Waals surface area (Å²) in [5.41, 5.74) is 3.48. The van der Waals surface area contributed by atoms with Crippen molar-refractivity contribution in [2.45, 2.75) is 0 Å². The van der Waals surface area contributed by atoms with Crippen LogP contribution in [-0.4, -0.2) is 22.7 Å². The molecule has 26 heavy (non-hydrogen) atoms. The third kappa shape index (κ3) is 3.07. The number of imidazole rings is 1. The van der Waals surface area contributed by atoms with E-state index in [1.807, 2.05) is 77.3 Å². The lowest BCUT2D eigenvalue weighted by molar-refractivity contribution is 0.415. The van der Waals surface area contributed by atoms with E-state index >= 15 is 0 Å². The SMILES string of the molecule is COc1ccc(N=Cc2nc(-c3ccccc3Cl)n3ccccc23)cc1. The van der Waals surface area contributed by atoms with Gasteiger partial charge in [-0.2, -0.15) is 0 Å². The van der Waals surface area contributed by atoms with Crippen molar-refractivity contribution in [3.05, 3.63) is 83.6 Å². The molecule has 0 saturated carbocycles. The molecule has 4 rings (SSSR count). The van der Waals surface area contributed by atoms with Gasteiger partial charge in [0.25, 0.3) is 0 Å². The van der Waals surface area contributed by atoms with Crippen LogP contribution < -0.4 is 4.74 Å². The number of halogens is 1. The molecule has 0 atom stereocenters. The van der Waals surface area contributed by atoms with Crippen molar-refractivity contribution >= 4 is 29.0 Å². The van der Waals surface area contributed by atoms with E-state index in [1.165, 1.54) is 0 Å². The summed E-state index contributed by atoms with van der Waals surface area (Å²) in [4.78, 5) is 9.32. The zero-order valence-electron chi connectivity index (χ0n) is 14.1. The van der Waals surface area contributed by atoms with Crippen LogP contribution in [0.5, 0.6) is 5.75 Å². The van der Waals surface area contributed by atoms with Crippen LogP contribution in [0.2, 0.25) is 5.02 Å². The first kappa shape index (κ1) is 16.4. The number of pyridine rings is 1. The van der Waals surface area contributed by atoms with Gasteiger partial charge in [-0.15, -0.1) is 0 Å². The molecule has 0 fully saturated rings. The summed E-state index contributed by atoms with van der Waals surface area (Å²) in [6.07, 6.45) is 3.75. The molecule has 5 heteroatoms. The molecular formula is C21H16ClN3O. The third-order valence-corrected chi connectivity index (χ3v) is 4.43. The Hall–Kier alpha value is -3.11. The fourth-order valence-corrected chi connectivity index (χ4v) is 3.01. The smallest absolute Gasteiger partial charge is 0.146 e. The molecule has 0 spiro atoms. The maximum atomic E-state index is 6.37. The minimum atomic E-state index is 0.668. The summed E-state index contributed by atoms with van der Waals surface area (Å²) < 4.78 is 7.20. The van der Waals surface area contributed by atoms with Crippen LogP contribution in [-0.2, 0) is 0 Å². The van der Waals surface area contributed by atoms with Crippen LogP contribution in [0.3, 0.4) is 0 Å². The average Bonchev–Trinajstić information content (AvgIpc) is 3.06. The second-order valence-electron chi connectivity index (χ2n) is 5.71. The Morgan fingerprint density at radius 1 is 1.00 bits per heavy atom. The Bertz CT molecular complexity index is 1080. The molecule has 128 valence electrons. The highest BCUT2D eigenvalue weighted by Crippen LogP contribution is 2.28. The number of hydrogen-bond acceptors (Lipinski definition) is 3. The number of aliphatic imine (C=N–C) groups is 1. The lowest BCUT2D eigenvalue weighted by Crippen LogP contribution is -1.88. The molecule has 2 aromatic heterocycles. The maximum Gasteiger partial charge on any atom is 0.146 e. The van der Waals surface area contributed by atoms with Crippen molar-refractivity contribution in [2.75, 3.05) is 7.11 Å². The standard InChI is InChI=1S/C21H16ClN3O/c1-26-16-11-9-15(10-12-16)23-14-19-20-8-4-5-13-25(20)21(24-19)17-6-2-3-7-18(17)22/h2-14H,1H3. The minimum absolute atomic E-state index is 0.668. The van der Waals surface area contributed by atoms with Crippen molar-refractivity contribution in [3.8, 4) is 17.1 Å². The number of fused-ring (bicyclic) bond motifs is 1. The molecule has 0 aliphatic carbocycles. The molecule has 0 amide bonds. The van der Waals surface area contributed by atoms with Crippen LogP contribution in [0.4, 0.5) is 5.69 Å². The number of benzene rings is 2. The van der Waals surface area contributed by atoms with Crippen LogP contribution >= 0.6 is 11.6 Å². The van der Waals surface area contributed by atoms with E-state index in [4.69, 9.17) is 21.3 Å². The van der Waals surface area contributed by atoms with Gasteiger partial charge in [0.1, 0.15) is 17.3 Å². The highest BCUT2D eigenvalue weighted by molar-refractivity contribution is 6.33. The monoisotopic (exact) mass is 361 g/mol. The molecule has 0 aliphatic heterocycles. The van der Waals surface area contributed by atoms with Gasteiger partial charge in [0.2, 0.25) is 0 Å². The number of rotatable bonds is 4. The van der Waals surface area contributed by atoms with Crippen LogP contribution in [0.25, 0.3) is 16.9 Å². The van der Waals surface area contributed by atoms with Gasteiger partial charge in [-0.05, 0) is 48.5 Å². The second-order valence-corrected chi connectivity index (χ2v) is 6.12. The van der Waals surface area contributed by atoms with Crippen LogP contribution in [0.15, 0.2) is 77.9 Å². The van der Waals surface area contributed by atoms with Gasteiger partial charge < -0.3 is 4.74 Å². The summed E-state index contributed by atoms with van der Waals surface area (Å²) in [6.45, 7) is 0. The molecule has 0 radical (unpaired) electrons. The van der Waals surface area contributed by atoms with Gasteiger partial charge in [0, 0.05) is 11.8 Å². The van der Waals surface area contributed by atoms with Crippen LogP contribution in [0.1, 0.15) is 5.69 Å². The summed E-state index contributed by atoms with van der Waals surface area (Å²) in [6, 6.07) is 21.2. The molecule has 0 aliphatic rings. The molecule has 4 nitrogen and oxygen atoms in total. The summed E-state index contributed by atoms with van der Waals surface area (Å²) >= 11 is 6.37. The van der Waals surface area contributed by atoms with Crippen molar-refractivity contribution in [3.63, 3.8) is 0 Å². The first-order valence-corrected chi connectivity index (χ1v) is 8.54. The van der Waals surface area contributed by atoms with E-state index in [2.05, 4.69) is 4.99 Å². The van der Waals surface area contributed by atoms with Gasteiger partial charge >= 0.3 is 0 Å². The van der Waals surface area contributed by atoms with E-state index in [0.717, 1.165) is 34.0 Å². The summed E-state index contributed by atoms with van der Waals surface area (Å²) in [7, 11) is 1.64. The van der Waals surface area contributed by atoms with E-state index in [0.29, 0.717) is 5.02 Å². The zero-order valence-corrected chi connectivity index (χ0v) is 14.9. The van der Waals surface area contributed by atoms with Crippen molar-refractivity contribution in [1.29, 1.82) is 0 Å². The number of hydrogen-bond donors (Lipinski definition) is 0. The Morgan fingerprint density at radius 2 is 1.77 bits per heavy atom. The Labute approximate surface area is 156 Å². The molecule has 0 bridgehead atoms. The Balaban J connectivity index is 1.78. The molecule has 0 N–H and O–H groups in total. The molecule has 2 heterocycles. The average molecular weight is 362 g/mol. The predicted molar refractivity (Wildman–Crippen MR) is 106 cm³/mol. The van der Waals surface area contributed by atoms with Crippen LogP contribution in [0, 0.1) is 0 Å². The van der Waals surface area contributed by atoms with Gasteiger partial charge in [-0.3, -0.25) is 9.39 Å². The van der Waals surface area contributed by atoms with Crippen molar-refractivity contribution in [1.82, 2.24) is 9.38 Å². The third-order valence-electron chi connectivity index (χ3n) is 4.10. The number of aromatic nitrogens is 2. The quantitative estimate of drug-likeness (QED) is 0.455. The molecule has 2 aromatic carbocycles. The topological polar surface area (TPSA) is 38.9 Å². The van der Waals surface area contributed by atoms with Crippen molar-refractivity contribution < 1.29 is 4.74 Å². The fraction of sp³-hybridized carbons (Fsp3) is 0.0476.